The molecule has 0 aliphatic carbocycles. The molecule has 1 N–H and O–H groups in total. The largest absolute Gasteiger partial charge is 0.305 e. The Bertz CT molecular complexity index is 747. The Labute approximate surface area is 131 Å². The van der Waals surface area contributed by atoms with Gasteiger partial charge in [0.15, 0.2) is 0 Å². The van der Waals surface area contributed by atoms with Gasteiger partial charge in [0, 0.05) is 18.8 Å². The van der Waals surface area contributed by atoms with E-state index in [2.05, 4.69) is 11.4 Å². The van der Waals surface area contributed by atoms with E-state index in [0.717, 1.165) is 11.1 Å². The SMILES string of the molecule is CS(=O)(=O)C[C@H](NCc1ccc(C#N)cc1)c1ccccc1. The maximum atomic E-state index is 11.6. The molecule has 0 bridgehead atoms. The number of benzene rings is 2. The molecule has 0 aliphatic heterocycles. The number of nitriles is 1. The van der Waals surface area contributed by atoms with Crippen LogP contribution in [-0.4, -0.2) is 20.4 Å². The second-order valence-corrected chi connectivity index (χ2v) is 7.43. The van der Waals surface area contributed by atoms with Gasteiger partial charge in [-0.2, -0.15) is 5.26 Å². The average molecular weight is 314 g/mol. The molecular formula is C17H18N2O2S. The van der Waals surface area contributed by atoms with Gasteiger partial charge in [0.2, 0.25) is 0 Å². The molecule has 0 amide bonds. The molecule has 1 atom stereocenters. The van der Waals surface area contributed by atoms with Gasteiger partial charge in [-0.3, -0.25) is 0 Å². The highest BCUT2D eigenvalue weighted by Crippen LogP contribution is 2.16. The van der Waals surface area contributed by atoms with Crippen molar-refractivity contribution >= 4 is 9.84 Å². The van der Waals surface area contributed by atoms with E-state index in [1.54, 1.807) is 12.1 Å². The van der Waals surface area contributed by atoms with Crippen molar-refractivity contribution < 1.29 is 8.42 Å². The Morgan fingerprint density at radius 3 is 2.27 bits per heavy atom. The van der Waals surface area contributed by atoms with Gasteiger partial charge in [-0.1, -0.05) is 42.5 Å². The predicted octanol–water partition coefficient (Wildman–Crippen LogP) is 2.43. The van der Waals surface area contributed by atoms with Crippen LogP contribution in [0.2, 0.25) is 0 Å². The Kier molecular flexibility index (Phi) is 5.31. The minimum Gasteiger partial charge on any atom is -0.305 e. The summed E-state index contributed by atoms with van der Waals surface area (Å²) in [5.41, 5.74) is 2.56. The van der Waals surface area contributed by atoms with Crippen molar-refractivity contribution in [2.24, 2.45) is 0 Å². The Morgan fingerprint density at radius 2 is 1.73 bits per heavy atom. The maximum absolute atomic E-state index is 11.6. The molecule has 0 saturated heterocycles. The molecule has 0 unspecified atom stereocenters. The van der Waals surface area contributed by atoms with E-state index < -0.39 is 9.84 Å². The van der Waals surface area contributed by atoms with Gasteiger partial charge in [-0.15, -0.1) is 0 Å². The highest BCUT2D eigenvalue weighted by molar-refractivity contribution is 7.90. The average Bonchev–Trinajstić information content (AvgIpc) is 2.52. The van der Waals surface area contributed by atoms with Gasteiger partial charge in [0.25, 0.3) is 0 Å². The summed E-state index contributed by atoms with van der Waals surface area (Å²) in [5.74, 6) is 0.0489. The summed E-state index contributed by atoms with van der Waals surface area (Å²) in [6, 6.07) is 18.6. The lowest BCUT2D eigenvalue weighted by molar-refractivity contribution is 0.551. The van der Waals surface area contributed by atoms with Crippen LogP contribution in [0.1, 0.15) is 22.7 Å². The van der Waals surface area contributed by atoms with Gasteiger partial charge in [-0.05, 0) is 23.3 Å². The zero-order valence-corrected chi connectivity index (χ0v) is 13.2. The summed E-state index contributed by atoms with van der Waals surface area (Å²) in [6.07, 6.45) is 1.24. The van der Waals surface area contributed by atoms with E-state index in [4.69, 9.17) is 5.26 Å². The summed E-state index contributed by atoms with van der Waals surface area (Å²) in [7, 11) is -3.09. The first-order chi connectivity index (χ1) is 10.5. The monoisotopic (exact) mass is 314 g/mol. The van der Waals surface area contributed by atoms with Crippen LogP contribution in [0.25, 0.3) is 0 Å². The Morgan fingerprint density at radius 1 is 1.09 bits per heavy atom. The van der Waals surface area contributed by atoms with Crippen LogP contribution in [0.3, 0.4) is 0 Å². The normalized spacial score (nSPS) is 12.5. The van der Waals surface area contributed by atoms with Crippen LogP contribution in [0.15, 0.2) is 54.6 Å². The molecule has 2 aromatic rings. The molecule has 4 nitrogen and oxygen atoms in total. The number of sulfone groups is 1. The number of nitrogens with zero attached hydrogens (tertiary/aromatic N) is 1. The van der Waals surface area contributed by atoms with Crippen molar-refractivity contribution in [3.8, 4) is 6.07 Å². The first kappa shape index (κ1) is 16.2. The quantitative estimate of drug-likeness (QED) is 0.889. The van der Waals surface area contributed by atoms with E-state index in [1.807, 2.05) is 42.5 Å². The fraction of sp³-hybridized carbons (Fsp3) is 0.235. The summed E-state index contributed by atoms with van der Waals surface area (Å²) in [6.45, 7) is 0.542. The molecule has 2 rings (SSSR count). The lowest BCUT2D eigenvalue weighted by Crippen LogP contribution is -2.27. The lowest BCUT2D eigenvalue weighted by Gasteiger charge is -2.18. The van der Waals surface area contributed by atoms with Crippen LogP contribution in [0, 0.1) is 11.3 Å². The molecule has 22 heavy (non-hydrogen) atoms. The van der Waals surface area contributed by atoms with Gasteiger partial charge in [-0.25, -0.2) is 8.42 Å². The zero-order valence-electron chi connectivity index (χ0n) is 12.4. The molecule has 0 heterocycles. The molecule has 5 heteroatoms. The van der Waals surface area contributed by atoms with Gasteiger partial charge < -0.3 is 5.32 Å². The summed E-state index contributed by atoms with van der Waals surface area (Å²) in [5, 5.41) is 12.1. The molecule has 0 spiro atoms. The van der Waals surface area contributed by atoms with Crippen molar-refractivity contribution in [2.75, 3.05) is 12.0 Å². The summed E-state index contributed by atoms with van der Waals surface area (Å²) >= 11 is 0. The van der Waals surface area contributed by atoms with Crippen LogP contribution >= 0.6 is 0 Å². The molecule has 0 aliphatic rings. The fourth-order valence-corrected chi connectivity index (χ4v) is 3.12. The highest BCUT2D eigenvalue weighted by Gasteiger charge is 2.16. The van der Waals surface area contributed by atoms with Crippen molar-refractivity contribution in [1.29, 1.82) is 5.26 Å². The van der Waals surface area contributed by atoms with Gasteiger partial charge in [0.1, 0.15) is 9.84 Å². The van der Waals surface area contributed by atoms with Crippen LogP contribution in [0.4, 0.5) is 0 Å². The van der Waals surface area contributed by atoms with Crippen LogP contribution in [-0.2, 0) is 16.4 Å². The molecule has 0 aromatic heterocycles. The minimum atomic E-state index is -3.09. The van der Waals surface area contributed by atoms with E-state index in [-0.39, 0.29) is 11.8 Å². The topological polar surface area (TPSA) is 70.0 Å². The van der Waals surface area contributed by atoms with E-state index in [0.29, 0.717) is 12.1 Å². The van der Waals surface area contributed by atoms with Gasteiger partial charge in [0.05, 0.1) is 17.4 Å². The number of hydrogen-bond donors (Lipinski definition) is 1. The van der Waals surface area contributed by atoms with Crippen molar-refractivity contribution in [2.45, 2.75) is 12.6 Å². The predicted molar refractivity (Wildman–Crippen MR) is 86.9 cm³/mol. The van der Waals surface area contributed by atoms with Crippen molar-refractivity contribution in [3.63, 3.8) is 0 Å². The number of rotatable bonds is 6. The van der Waals surface area contributed by atoms with Crippen LogP contribution in [0.5, 0.6) is 0 Å². The molecule has 114 valence electrons. The first-order valence-electron chi connectivity index (χ1n) is 6.93. The Balaban J connectivity index is 2.11. The Hall–Kier alpha value is -2.16. The third-order valence-corrected chi connectivity index (χ3v) is 4.25. The van der Waals surface area contributed by atoms with Crippen molar-refractivity contribution in [3.05, 3.63) is 71.3 Å². The van der Waals surface area contributed by atoms with E-state index in [1.165, 1.54) is 6.26 Å². The minimum absolute atomic E-state index is 0.0489. The second kappa shape index (κ2) is 7.21. The van der Waals surface area contributed by atoms with E-state index >= 15 is 0 Å². The summed E-state index contributed by atoms with van der Waals surface area (Å²) in [4.78, 5) is 0. The third-order valence-electron chi connectivity index (χ3n) is 3.31. The van der Waals surface area contributed by atoms with E-state index in [9.17, 15) is 8.42 Å². The lowest BCUT2D eigenvalue weighted by atomic mass is 10.1. The number of hydrogen-bond acceptors (Lipinski definition) is 4. The second-order valence-electron chi connectivity index (χ2n) is 5.25. The first-order valence-corrected chi connectivity index (χ1v) is 8.99. The maximum Gasteiger partial charge on any atom is 0.149 e. The standard InChI is InChI=1S/C17H18N2O2S/c1-22(20,21)13-17(16-5-3-2-4-6-16)19-12-15-9-7-14(11-18)8-10-15/h2-10,17,19H,12-13H2,1H3/t17-/m0/s1. The molecule has 0 saturated carbocycles. The van der Waals surface area contributed by atoms with Crippen molar-refractivity contribution in [1.82, 2.24) is 5.32 Å². The van der Waals surface area contributed by atoms with Crippen LogP contribution < -0.4 is 5.32 Å². The number of nitrogens with one attached hydrogen (secondary N) is 1. The third kappa shape index (κ3) is 4.99. The fourth-order valence-electron chi connectivity index (χ4n) is 2.20. The highest BCUT2D eigenvalue weighted by atomic mass is 32.2. The zero-order chi connectivity index (χ0) is 16.0. The molecular weight excluding hydrogens is 296 g/mol. The molecule has 0 radical (unpaired) electrons. The molecule has 2 aromatic carbocycles. The smallest absolute Gasteiger partial charge is 0.149 e. The van der Waals surface area contributed by atoms with Gasteiger partial charge >= 0.3 is 0 Å². The summed E-state index contributed by atoms with van der Waals surface area (Å²) < 4.78 is 23.3. The molecule has 0 fully saturated rings.